The van der Waals surface area contributed by atoms with Crippen LogP contribution in [0, 0.1) is 5.82 Å². The molecule has 4 nitrogen and oxygen atoms in total. The minimum absolute atomic E-state index is 0.121. The summed E-state index contributed by atoms with van der Waals surface area (Å²) in [5, 5.41) is 0. The van der Waals surface area contributed by atoms with Gasteiger partial charge in [0.05, 0.1) is 0 Å². The van der Waals surface area contributed by atoms with E-state index < -0.39 is 17.6 Å². The molecule has 0 saturated carbocycles. The van der Waals surface area contributed by atoms with E-state index in [-0.39, 0.29) is 11.8 Å². The molecule has 0 N–H and O–H groups in total. The van der Waals surface area contributed by atoms with Gasteiger partial charge in [-0.25, -0.2) is 9.37 Å². The Balaban J connectivity index is 2.00. The average Bonchev–Trinajstić information content (AvgIpc) is 2.73. The molecule has 0 fully saturated rings. The molecule has 1 heterocycles. The topological polar surface area (TPSA) is 32.3 Å². The predicted octanol–water partition coefficient (Wildman–Crippen LogP) is 6.12. The Morgan fingerprint density at radius 2 is 1.43 bits per heavy atom. The van der Waals surface area contributed by atoms with E-state index in [0.717, 1.165) is 24.7 Å². The molecule has 0 bridgehead atoms. The second-order valence-electron chi connectivity index (χ2n) is 6.92. The Labute approximate surface area is 172 Å². The Hall–Kier alpha value is -3.16. The monoisotopic (exact) mass is 418 g/mol. The quantitative estimate of drug-likeness (QED) is 0.451. The van der Waals surface area contributed by atoms with Gasteiger partial charge >= 0.3 is 6.18 Å². The Bertz CT molecular complexity index is 986. The number of hydrogen-bond acceptors (Lipinski definition) is 4. The lowest BCUT2D eigenvalue weighted by Gasteiger charge is -2.25. The van der Waals surface area contributed by atoms with Crippen LogP contribution in [0.4, 0.5) is 40.7 Å². The number of aryl methyl sites for hydroxylation is 1. The van der Waals surface area contributed by atoms with Gasteiger partial charge in [-0.2, -0.15) is 18.2 Å². The van der Waals surface area contributed by atoms with Crippen LogP contribution in [0.15, 0.2) is 54.7 Å². The van der Waals surface area contributed by atoms with Crippen LogP contribution in [0.25, 0.3) is 0 Å². The molecule has 0 aliphatic rings. The summed E-state index contributed by atoms with van der Waals surface area (Å²) >= 11 is 0. The SMILES string of the molecule is CCCc1ccc(N(C)c2ncc(C(F)(F)F)c(N(C)c3ccc(F)cc3)n2)cc1. The molecule has 0 aliphatic heterocycles. The second kappa shape index (κ2) is 8.69. The Morgan fingerprint density at radius 3 is 2.00 bits per heavy atom. The van der Waals surface area contributed by atoms with Crippen LogP contribution in [-0.4, -0.2) is 24.1 Å². The number of benzene rings is 2. The van der Waals surface area contributed by atoms with E-state index in [1.807, 2.05) is 24.3 Å². The fourth-order valence-electron chi connectivity index (χ4n) is 3.06. The third-order valence-electron chi connectivity index (χ3n) is 4.76. The maximum Gasteiger partial charge on any atom is 0.421 e. The first kappa shape index (κ1) is 21.5. The fraction of sp³-hybridized carbons (Fsp3) is 0.273. The van der Waals surface area contributed by atoms with Gasteiger partial charge < -0.3 is 9.80 Å². The molecule has 0 aliphatic carbocycles. The number of halogens is 4. The molecule has 0 saturated heterocycles. The van der Waals surface area contributed by atoms with Gasteiger partial charge in [0.2, 0.25) is 5.95 Å². The third-order valence-corrected chi connectivity index (χ3v) is 4.76. The van der Waals surface area contributed by atoms with Crippen molar-refractivity contribution in [1.82, 2.24) is 9.97 Å². The van der Waals surface area contributed by atoms with Crippen LogP contribution in [0.2, 0.25) is 0 Å². The van der Waals surface area contributed by atoms with Crippen molar-refractivity contribution >= 4 is 23.1 Å². The smallest absolute Gasteiger partial charge is 0.329 e. The average molecular weight is 418 g/mol. The summed E-state index contributed by atoms with van der Waals surface area (Å²) in [7, 11) is 3.15. The number of aromatic nitrogens is 2. The van der Waals surface area contributed by atoms with Crippen LogP contribution in [0.3, 0.4) is 0 Å². The maximum atomic E-state index is 13.6. The number of rotatable bonds is 6. The number of anilines is 4. The highest BCUT2D eigenvalue weighted by Crippen LogP contribution is 2.38. The first-order chi connectivity index (χ1) is 14.2. The second-order valence-corrected chi connectivity index (χ2v) is 6.92. The fourth-order valence-corrected chi connectivity index (χ4v) is 3.06. The molecule has 0 radical (unpaired) electrons. The van der Waals surface area contributed by atoms with Crippen molar-refractivity contribution in [3.8, 4) is 0 Å². The van der Waals surface area contributed by atoms with Gasteiger partial charge in [-0.1, -0.05) is 25.5 Å². The molecule has 8 heteroatoms. The van der Waals surface area contributed by atoms with E-state index in [4.69, 9.17) is 0 Å². The first-order valence-electron chi connectivity index (χ1n) is 9.47. The van der Waals surface area contributed by atoms with Gasteiger partial charge in [-0.3, -0.25) is 0 Å². The van der Waals surface area contributed by atoms with Gasteiger partial charge in [0.25, 0.3) is 0 Å². The number of hydrogen-bond donors (Lipinski definition) is 0. The van der Waals surface area contributed by atoms with E-state index in [1.165, 1.54) is 41.8 Å². The van der Waals surface area contributed by atoms with Crippen LogP contribution in [0.5, 0.6) is 0 Å². The summed E-state index contributed by atoms with van der Waals surface area (Å²) < 4.78 is 54.0. The van der Waals surface area contributed by atoms with Gasteiger partial charge in [0.1, 0.15) is 11.4 Å². The summed E-state index contributed by atoms with van der Waals surface area (Å²) in [4.78, 5) is 11.0. The maximum absolute atomic E-state index is 13.6. The lowest BCUT2D eigenvalue weighted by Crippen LogP contribution is -2.21. The van der Waals surface area contributed by atoms with Gasteiger partial charge in [0.15, 0.2) is 5.82 Å². The molecule has 0 unspecified atom stereocenters. The summed E-state index contributed by atoms with van der Waals surface area (Å²) in [6.07, 6.45) is -1.88. The van der Waals surface area contributed by atoms with Crippen molar-refractivity contribution in [3.63, 3.8) is 0 Å². The van der Waals surface area contributed by atoms with Gasteiger partial charge in [0, 0.05) is 31.7 Å². The molecule has 0 spiro atoms. The van der Waals surface area contributed by atoms with E-state index in [0.29, 0.717) is 5.69 Å². The van der Waals surface area contributed by atoms with Crippen molar-refractivity contribution in [1.29, 1.82) is 0 Å². The van der Waals surface area contributed by atoms with Crippen molar-refractivity contribution in [3.05, 3.63) is 71.7 Å². The third kappa shape index (κ3) is 4.69. The molecular formula is C22H22F4N4. The van der Waals surface area contributed by atoms with Crippen molar-refractivity contribution in [2.75, 3.05) is 23.9 Å². The van der Waals surface area contributed by atoms with Gasteiger partial charge in [-0.15, -0.1) is 0 Å². The number of nitrogens with zero attached hydrogens (tertiary/aromatic N) is 4. The van der Waals surface area contributed by atoms with Crippen LogP contribution in [-0.2, 0) is 12.6 Å². The largest absolute Gasteiger partial charge is 0.421 e. The number of alkyl halides is 3. The molecule has 3 rings (SSSR count). The summed E-state index contributed by atoms with van der Waals surface area (Å²) in [5.74, 6) is -0.665. The minimum Gasteiger partial charge on any atom is -0.329 e. The Kier molecular flexibility index (Phi) is 6.24. The van der Waals surface area contributed by atoms with Crippen LogP contribution >= 0.6 is 0 Å². The highest BCUT2D eigenvalue weighted by Gasteiger charge is 2.37. The normalized spacial score (nSPS) is 11.4. The van der Waals surface area contributed by atoms with Crippen molar-refractivity contribution < 1.29 is 17.6 Å². The van der Waals surface area contributed by atoms with Crippen LogP contribution in [0.1, 0.15) is 24.5 Å². The molecule has 30 heavy (non-hydrogen) atoms. The summed E-state index contributed by atoms with van der Waals surface area (Å²) in [5.41, 5.74) is 1.34. The van der Waals surface area contributed by atoms with E-state index in [2.05, 4.69) is 16.9 Å². The molecular weight excluding hydrogens is 396 g/mol. The molecule has 158 valence electrons. The van der Waals surface area contributed by atoms with E-state index in [1.54, 1.807) is 11.9 Å². The minimum atomic E-state index is -4.64. The van der Waals surface area contributed by atoms with E-state index in [9.17, 15) is 17.6 Å². The molecule has 2 aromatic carbocycles. The zero-order chi connectivity index (χ0) is 21.9. The summed E-state index contributed by atoms with van der Waals surface area (Å²) in [6, 6.07) is 12.9. The lowest BCUT2D eigenvalue weighted by atomic mass is 10.1. The van der Waals surface area contributed by atoms with Crippen molar-refractivity contribution in [2.24, 2.45) is 0 Å². The van der Waals surface area contributed by atoms with E-state index >= 15 is 0 Å². The van der Waals surface area contributed by atoms with Crippen molar-refractivity contribution in [2.45, 2.75) is 25.9 Å². The Morgan fingerprint density at radius 1 is 0.867 bits per heavy atom. The van der Waals surface area contributed by atoms with Crippen LogP contribution < -0.4 is 9.80 Å². The molecule has 0 amide bonds. The highest BCUT2D eigenvalue weighted by atomic mass is 19.4. The highest BCUT2D eigenvalue weighted by molar-refractivity contribution is 5.65. The summed E-state index contributed by atoms with van der Waals surface area (Å²) in [6.45, 7) is 2.09. The molecule has 0 atom stereocenters. The standard InChI is InChI=1S/C22H22F4N4/c1-4-5-15-6-10-18(11-7-15)30(3)21-27-14-19(22(24,25)26)20(28-21)29(2)17-12-8-16(23)9-13-17/h6-14H,4-5H2,1-3H3. The van der Waals surface area contributed by atoms with Gasteiger partial charge in [-0.05, 0) is 48.4 Å². The zero-order valence-corrected chi connectivity index (χ0v) is 16.9. The lowest BCUT2D eigenvalue weighted by molar-refractivity contribution is -0.137. The first-order valence-corrected chi connectivity index (χ1v) is 9.47. The predicted molar refractivity (Wildman–Crippen MR) is 110 cm³/mol. The molecule has 3 aromatic rings. The molecule has 1 aromatic heterocycles. The zero-order valence-electron chi connectivity index (χ0n) is 16.9.